The number of aromatic nitrogens is 2. The van der Waals surface area contributed by atoms with Gasteiger partial charge in [-0.2, -0.15) is 4.98 Å². The molecule has 1 aliphatic rings. The Hall–Kier alpha value is -2.21. The average Bonchev–Trinajstić information content (AvgIpc) is 3.11. The van der Waals surface area contributed by atoms with Crippen molar-refractivity contribution in [1.82, 2.24) is 20.4 Å². The summed E-state index contributed by atoms with van der Waals surface area (Å²) < 4.78 is 5.42. The van der Waals surface area contributed by atoms with E-state index in [4.69, 9.17) is 4.52 Å². The zero-order valence-electron chi connectivity index (χ0n) is 15.9. The van der Waals surface area contributed by atoms with Gasteiger partial charge in [0, 0.05) is 31.1 Å². The molecule has 2 heterocycles. The minimum atomic E-state index is 0.0238. The lowest BCUT2D eigenvalue weighted by Gasteiger charge is -2.34. The van der Waals surface area contributed by atoms with E-state index in [0.717, 1.165) is 55.7 Å². The SMILES string of the molecule is CCCc1noc(C(C)N2CCC(NC(=O)c3ccccc3C)CC2)n1. The van der Waals surface area contributed by atoms with Crippen LogP contribution in [0.4, 0.5) is 0 Å². The Kier molecular flexibility index (Phi) is 6.04. The van der Waals surface area contributed by atoms with E-state index in [1.807, 2.05) is 31.2 Å². The van der Waals surface area contributed by atoms with Crippen molar-refractivity contribution in [3.05, 3.63) is 47.1 Å². The lowest BCUT2D eigenvalue weighted by molar-refractivity contribution is 0.0880. The molecule has 1 saturated heterocycles. The van der Waals surface area contributed by atoms with Crippen LogP contribution in [0.3, 0.4) is 0 Å². The fourth-order valence-corrected chi connectivity index (χ4v) is 3.44. The summed E-state index contributed by atoms with van der Waals surface area (Å²) in [6.45, 7) is 8.00. The van der Waals surface area contributed by atoms with Crippen molar-refractivity contribution in [2.45, 2.75) is 58.5 Å². The quantitative estimate of drug-likeness (QED) is 0.860. The van der Waals surface area contributed by atoms with E-state index in [-0.39, 0.29) is 18.0 Å². The Labute approximate surface area is 155 Å². The molecule has 2 aromatic rings. The summed E-state index contributed by atoms with van der Waals surface area (Å²) in [6, 6.07) is 8.03. The van der Waals surface area contributed by atoms with Gasteiger partial charge in [-0.3, -0.25) is 9.69 Å². The molecular weight excluding hydrogens is 328 g/mol. The third-order valence-electron chi connectivity index (χ3n) is 5.12. The number of piperidine rings is 1. The molecule has 1 unspecified atom stereocenters. The maximum Gasteiger partial charge on any atom is 0.251 e. The predicted octanol–water partition coefficient (Wildman–Crippen LogP) is 3.29. The molecule has 1 amide bonds. The molecule has 26 heavy (non-hydrogen) atoms. The van der Waals surface area contributed by atoms with E-state index in [1.54, 1.807) is 0 Å². The highest BCUT2D eigenvalue weighted by Crippen LogP contribution is 2.23. The Morgan fingerprint density at radius 1 is 1.35 bits per heavy atom. The van der Waals surface area contributed by atoms with Gasteiger partial charge in [0.1, 0.15) is 0 Å². The van der Waals surface area contributed by atoms with Crippen molar-refractivity contribution in [2.24, 2.45) is 0 Å². The summed E-state index contributed by atoms with van der Waals surface area (Å²) in [5.41, 5.74) is 1.77. The van der Waals surface area contributed by atoms with Crippen LogP contribution in [-0.2, 0) is 6.42 Å². The Morgan fingerprint density at radius 3 is 2.77 bits per heavy atom. The second-order valence-corrected chi connectivity index (χ2v) is 7.07. The molecule has 1 aliphatic heterocycles. The van der Waals surface area contributed by atoms with Crippen LogP contribution in [0, 0.1) is 6.92 Å². The normalized spacial score (nSPS) is 17.2. The third-order valence-corrected chi connectivity index (χ3v) is 5.12. The van der Waals surface area contributed by atoms with Crippen LogP contribution in [0.15, 0.2) is 28.8 Å². The van der Waals surface area contributed by atoms with Crippen molar-refractivity contribution in [1.29, 1.82) is 0 Å². The van der Waals surface area contributed by atoms with Gasteiger partial charge >= 0.3 is 0 Å². The summed E-state index contributed by atoms with van der Waals surface area (Å²) in [5, 5.41) is 7.23. The molecule has 1 aromatic heterocycles. The first-order chi connectivity index (χ1) is 12.6. The highest BCUT2D eigenvalue weighted by molar-refractivity contribution is 5.95. The maximum atomic E-state index is 12.5. The molecule has 1 atom stereocenters. The number of carbonyl (C=O) groups excluding carboxylic acids is 1. The van der Waals surface area contributed by atoms with Crippen molar-refractivity contribution in [3.8, 4) is 0 Å². The van der Waals surface area contributed by atoms with Crippen molar-refractivity contribution < 1.29 is 9.32 Å². The van der Waals surface area contributed by atoms with Crippen LogP contribution >= 0.6 is 0 Å². The molecule has 0 aliphatic carbocycles. The van der Waals surface area contributed by atoms with Gasteiger partial charge in [0.25, 0.3) is 5.91 Å². The molecule has 0 bridgehead atoms. The number of nitrogens with one attached hydrogen (secondary N) is 1. The lowest BCUT2D eigenvalue weighted by Crippen LogP contribution is -2.45. The van der Waals surface area contributed by atoms with Crippen molar-refractivity contribution >= 4 is 5.91 Å². The third kappa shape index (κ3) is 4.30. The topological polar surface area (TPSA) is 71.3 Å². The summed E-state index contributed by atoms with van der Waals surface area (Å²) in [5.74, 6) is 1.50. The second kappa shape index (κ2) is 8.45. The molecule has 0 spiro atoms. The predicted molar refractivity (Wildman–Crippen MR) is 99.9 cm³/mol. The van der Waals surface area contributed by atoms with Gasteiger partial charge in [0.2, 0.25) is 5.89 Å². The molecule has 1 aromatic carbocycles. The number of amides is 1. The van der Waals surface area contributed by atoms with Gasteiger partial charge in [-0.1, -0.05) is 30.3 Å². The molecule has 0 radical (unpaired) electrons. The lowest BCUT2D eigenvalue weighted by atomic mass is 10.0. The first kappa shape index (κ1) is 18.6. The number of hydrogen-bond acceptors (Lipinski definition) is 5. The first-order valence-corrected chi connectivity index (χ1v) is 9.51. The standard InChI is InChI=1S/C20H28N4O2/c1-4-7-18-22-20(26-23-18)15(3)24-12-10-16(11-13-24)21-19(25)17-9-6-5-8-14(17)2/h5-6,8-9,15-16H,4,7,10-13H2,1-3H3,(H,21,25). The minimum absolute atomic E-state index is 0.0238. The van der Waals surface area contributed by atoms with E-state index in [2.05, 4.69) is 34.2 Å². The highest BCUT2D eigenvalue weighted by Gasteiger charge is 2.27. The monoisotopic (exact) mass is 356 g/mol. The van der Waals surface area contributed by atoms with E-state index in [9.17, 15) is 4.79 Å². The minimum Gasteiger partial charge on any atom is -0.349 e. The molecule has 1 fully saturated rings. The van der Waals surface area contributed by atoms with Crippen LogP contribution in [0.2, 0.25) is 0 Å². The largest absolute Gasteiger partial charge is 0.349 e. The van der Waals surface area contributed by atoms with E-state index >= 15 is 0 Å². The number of benzene rings is 1. The average molecular weight is 356 g/mol. The number of aryl methyl sites for hydroxylation is 2. The maximum absolute atomic E-state index is 12.5. The van der Waals surface area contributed by atoms with E-state index < -0.39 is 0 Å². The van der Waals surface area contributed by atoms with E-state index in [0.29, 0.717) is 5.89 Å². The van der Waals surface area contributed by atoms with Crippen LogP contribution in [0.25, 0.3) is 0 Å². The van der Waals surface area contributed by atoms with Gasteiger partial charge in [-0.25, -0.2) is 0 Å². The van der Waals surface area contributed by atoms with Crippen molar-refractivity contribution in [2.75, 3.05) is 13.1 Å². The van der Waals surface area contributed by atoms with Gasteiger partial charge in [-0.05, 0) is 44.7 Å². The van der Waals surface area contributed by atoms with Crippen LogP contribution in [0.1, 0.15) is 66.8 Å². The smallest absolute Gasteiger partial charge is 0.251 e. The summed E-state index contributed by atoms with van der Waals surface area (Å²) >= 11 is 0. The molecule has 3 rings (SSSR count). The van der Waals surface area contributed by atoms with Crippen LogP contribution < -0.4 is 5.32 Å². The summed E-state index contributed by atoms with van der Waals surface area (Å²) in [6.07, 6.45) is 3.72. The fourth-order valence-electron chi connectivity index (χ4n) is 3.44. The van der Waals surface area contributed by atoms with Crippen LogP contribution in [0.5, 0.6) is 0 Å². The fraction of sp³-hybridized carbons (Fsp3) is 0.550. The highest BCUT2D eigenvalue weighted by atomic mass is 16.5. The van der Waals surface area contributed by atoms with Gasteiger partial charge in [0.15, 0.2) is 5.82 Å². The zero-order valence-corrected chi connectivity index (χ0v) is 15.9. The molecule has 6 heteroatoms. The number of nitrogens with zero attached hydrogens (tertiary/aromatic N) is 3. The first-order valence-electron chi connectivity index (χ1n) is 9.51. The molecular formula is C20H28N4O2. The van der Waals surface area contributed by atoms with Gasteiger partial charge in [-0.15, -0.1) is 0 Å². The molecule has 140 valence electrons. The number of likely N-dealkylation sites (tertiary alicyclic amines) is 1. The number of hydrogen-bond donors (Lipinski definition) is 1. The number of rotatable bonds is 6. The van der Waals surface area contributed by atoms with Crippen molar-refractivity contribution in [3.63, 3.8) is 0 Å². The van der Waals surface area contributed by atoms with Gasteiger partial charge in [0.05, 0.1) is 6.04 Å². The number of carbonyl (C=O) groups is 1. The molecule has 0 saturated carbocycles. The Bertz CT molecular complexity index is 735. The van der Waals surface area contributed by atoms with Crippen LogP contribution in [-0.4, -0.2) is 40.1 Å². The Morgan fingerprint density at radius 2 is 2.08 bits per heavy atom. The molecule has 1 N–H and O–H groups in total. The van der Waals surface area contributed by atoms with E-state index in [1.165, 1.54) is 0 Å². The molecule has 6 nitrogen and oxygen atoms in total. The van der Waals surface area contributed by atoms with Gasteiger partial charge < -0.3 is 9.84 Å². The zero-order chi connectivity index (χ0) is 18.5. The summed E-state index contributed by atoms with van der Waals surface area (Å²) in [7, 11) is 0. The Balaban J connectivity index is 1.52. The second-order valence-electron chi connectivity index (χ2n) is 7.07. The summed E-state index contributed by atoms with van der Waals surface area (Å²) in [4.78, 5) is 19.3.